The molecule has 0 aliphatic rings. The normalized spacial score (nSPS) is 9.09. The summed E-state index contributed by atoms with van der Waals surface area (Å²) in [4.78, 5) is 0. The van der Waals surface area contributed by atoms with Crippen LogP contribution < -0.4 is 0 Å². The molecule has 0 aromatic carbocycles. The Morgan fingerprint density at radius 2 is 1.27 bits per heavy atom. The van der Waals surface area contributed by atoms with Crippen molar-refractivity contribution in [3.63, 3.8) is 0 Å². The maximum atomic E-state index is 4.67. The zero-order chi connectivity index (χ0) is 8.95. The van der Waals surface area contributed by atoms with E-state index in [2.05, 4.69) is 46.9 Å². The van der Waals surface area contributed by atoms with Crippen LogP contribution in [0.1, 0.15) is 39.5 Å². The van der Waals surface area contributed by atoms with Crippen LogP contribution in [-0.4, -0.2) is 0 Å². The Morgan fingerprint density at radius 3 is 1.45 bits per heavy atom. The van der Waals surface area contributed by atoms with Gasteiger partial charge in [0.2, 0.25) is 0 Å². The van der Waals surface area contributed by atoms with Crippen LogP contribution in [0.3, 0.4) is 0 Å². The topological polar surface area (TPSA) is 0 Å². The molecule has 0 aromatic rings. The summed E-state index contributed by atoms with van der Waals surface area (Å²) in [6, 6.07) is 0. The van der Waals surface area contributed by atoms with Gasteiger partial charge in [-0.15, -0.1) is 0 Å². The van der Waals surface area contributed by atoms with Gasteiger partial charge in [-0.2, -0.15) is 12.8 Å². The van der Waals surface area contributed by atoms with Crippen LogP contribution in [0.15, 0.2) is 0 Å². The Morgan fingerprint density at radius 1 is 1.00 bits per heavy atom. The van der Waals surface area contributed by atoms with Gasteiger partial charge in [0.05, 0.1) is 0 Å². The number of halogens is 2. The summed E-state index contributed by atoms with van der Waals surface area (Å²) < 4.78 is 0. The van der Waals surface area contributed by atoms with Crippen LogP contribution in [0, 0.1) is 12.8 Å². The number of hydrogen-bond acceptors (Lipinski definition) is 0. The second-order valence-corrected chi connectivity index (χ2v) is 3.57. The van der Waals surface area contributed by atoms with Crippen molar-refractivity contribution in [2.75, 3.05) is 0 Å². The molecule has 0 bridgehead atoms. The van der Waals surface area contributed by atoms with Crippen LogP contribution in [-0.2, 0) is 13.1 Å². The molecule has 0 saturated carbocycles. The molecule has 0 heterocycles. The Balaban J connectivity index is 0. The Hall–Kier alpha value is 1.10. The molecule has 0 aliphatic carbocycles. The molecule has 0 aromatic heterocycles. The number of hydrogen-bond donors (Lipinski definition) is 0. The first-order valence-corrected chi connectivity index (χ1v) is 6.37. The van der Waals surface area contributed by atoms with Gasteiger partial charge in [-0.3, -0.25) is 0 Å². The summed E-state index contributed by atoms with van der Waals surface area (Å²) in [5.41, 5.74) is 0. The molecule has 0 unspecified atom stereocenters. The van der Waals surface area contributed by atoms with Crippen LogP contribution in [0.5, 0.6) is 0 Å². The predicted molar refractivity (Wildman–Crippen MR) is 50.1 cm³/mol. The molecule has 0 fully saturated rings. The summed E-state index contributed by atoms with van der Waals surface area (Å²) in [6.45, 7) is 4.37. The zero-order valence-electron chi connectivity index (χ0n) is 7.04. The predicted octanol–water partition coefficient (Wildman–Crippen LogP) is 4.37. The molecular weight excluding hydrogens is 231 g/mol. The zero-order valence-corrected chi connectivity index (χ0v) is 9.49. The van der Waals surface area contributed by atoms with Gasteiger partial charge in [0, 0.05) is 0 Å². The van der Waals surface area contributed by atoms with E-state index in [1.807, 2.05) is 0 Å². The molecule has 0 spiro atoms. The van der Waals surface area contributed by atoms with Gasteiger partial charge in [0.15, 0.2) is 0 Å². The molecule has 0 aliphatic heterocycles. The fourth-order valence-electron chi connectivity index (χ4n) is 0.644. The van der Waals surface area contributed by atoms with Crippen molar-refractivity contribution in [2.45, 2.75) is 39.5 Å². The van der Waals surface area contributed by atoms with Crippen molar-refractivity contribution in [2.24, 2.45) is 0 Å². The third-order valence-electron chi connectivity index (χ3n) is 1.15. The Kier molecular flexibility index (Phi) is 22.9. The molecule has 75 valence electrons. The van der Waals surface area contributed by atoms with E-state index in [1.165, 1.54) is 25.7 Å². The summed E-state index contributed by atoms with van der Waals surface area (Å²) in [5.74, 6) is 0. The molecule has 0 rings (SSSR count). The van der Waals surface area contributed by atoms with Gasteiger partial charge in [-0.25, -0.2) is 12.8 Å². The monoisotopic (exact) mass is 245 g/mol. The molecule has 0 nitrogen and oxygen atoms in total. The summed E-state index contributed by atoms with van der Waals surface area (Å²) in [6.07, 6.45) is 9.63. The Labute approximate surface area is 85.6 Å². The molecule has 0 N–H and O–H groups in total. The SMILES string of the molecule is CC[CH-]CC[CH-]CC.[Cl][Cu][Cl]. The molecule has 0 saturated heterocycles. The second-order valence-electron chi connectivity index (χ2n) is 2.01. The summed E-state index contributed by atoms with van der Waals surface area (Å²) >= 11 is 0.757. The summed E-state index contributed by atoms with van der Waals surface area (Å²) in [5, 5.41) is 0. The van der Waals surface area contributed by atoms with Crippen molar-refractivity contribution >= 4 is 20.2 Å². The van der Waals surface area contributed by atoms with E-state index in [9.17, 15) is 0 Å². The van der Waals surface area contributed by atoms with E-state index in [-0.39, 0.29) is 0 Å². The number of unbranched alkanes of at least 4 members (excludes halogenated alkanes) is 5. The van der Waals surface area contributed by atoms with Crippen molar-refractivity contribution < 1.29 is 13.1 Å². The Bertz CT molecular complexity index is 45.4. The minimum atomic E-state index is 0.757. The van der Waals surface area contributed by atoms with Crippen LogP contribution in [0.25, 0.3) is 0 Å². The maximum absolute atomic E-state index is 4.67. The van der Waals surface area contributed by atoms with Gasteiger partial charge in [-0.05, 0) is 0 Å². The first-order chi connectivity index (χ1) is 5.33. The molecule has 0 amide bonds. The standard InChI is InChI=1S/C8H16.2ClH.Cu/c1-3-5-7-8-6-4-2;;;/h5-6H,3-4,7-8H2,1-2H3;2*1H;/q-2;;;+2/p-2. The van der Waals surface area contributed by atoms with E-state index in [4.69, 9.17) is 0 Å². The molecule has 0 atom stereocenters. The van der Waals surface area contributed by atoms with Crippen LogP contribution in [0.2, 0.25) is 0 Å². The molecular formula is C8H16Cl2Cu-2. The van der Waals surface area contributed by atoms with Crippen molar-refractivity contribution in [1.29, 1.82) is 0 Å². The fraction of sp³-hybridized carbons (Fsp3) is 0.750. The minimum absolute atomic E-state index is 0.757. The third kappa shape index (κ3) is 24.7. The second kappa shape index (κ2) is 17.3. The average Bonchev–Trinajstić information content (AvgIpc) is 2.00. The van der Waals surface area contributed by atoms with E-state index in [0.29, 0.717) is 0 Å². The quantitative estimate of drug-likeness (QED) is 0.384. The van der Waals surface area contributed by atoms with Crippen molar-refractivity contribution in [3.05, 3.63) is 12.8 Å². The first-order valence-electron chi connectivity index (χ1n) is 3.78. The van der Waals surface area contributed by atoms with E-state index in [0.717, 1.165) is 13.1 Å². The van der Waals surface area contributed by atoms with E-state index in [1.54, 1.807) is 0 Å². The first kappa shape index (κ1) is 14.6. The molecule has 0 radical (unpaired) electrons. The molecule has 11 heavy (non-hydrogen) atoms. The van der Waals surface area contributed by atoms with Gasteiger partial charge in [0.1, 0.15) is 0 Å². The van der Waals surface area contributed by atoms with Gasteiger partial charge in [0.25, 0.3) is 0 Å². The van der Waals surface area contributed by atoms with Gasteiger partial charge < -0.3 is 12.8 Å². The van der Waals surface area contributed by atoms with Crippen LogP contribution in [0.4, 0.5) is 0 Å². The number of rotatable bonds is 5. The molecule has 3 heteroatoms. The van der Waals surface area contributed by atoms with E-state index < -0.39 is 0 Å². The third-order valence-corrected chi connectivity index (χ3v) is 1.15. The average molecular weight is 247 g/mol. The van der Waals surface area contributed by atoms with Crippen molar-refractivity contribution in [3.8, 4) is 0 Å². The van der Waals surface area contributed by atoms with Gasteiger partial charge in [-0.1, -0.05) is 13.8 Å². The van der Waals surface area contributed by atoms with Gasteiger partial charge >= 0.3 is 33.3 Å². The van der Waals surface area contributed by atoms with E-state index >= 15 is 0 Å². The summed E-state index contributed by atoms with van der Waals surface area (Å²) in [7, 11) is 9.34. The van der Waals surface area contributed by atoms with Crippen LogP contribution >= 0.6 is 20.2 Å². The van der Waals surface area contributed by atoms with Crippen molar-refractivity contribution in [1.82, 2.24) is 0 Å². The fourth-order valence-corrected chi connectivity index (χ4v) is 0.644.